The molecule has 1 aromatic rings. The van der Waals surface area contributed by atoms with Crippen molar-refractivity contribution in [1.82, 2.24) is 4.90 Å². The predicted molar refractivity (Wildman–Crippen MR) is 91.6 cm³/mol. The second kappa shape index (κ2) is 6.68. The second-order valence-electron chi connectivity index (χ2n) is 7.42. The zero-order chi connectivity index (χ0) is 15.6. The van der Waals surface area contributed by atoms with E-state index in [-0.39, 0.29) is 12.1 Å². The van der Waals surface area contributed by atoms with Gasteiger partial charge in [-0.15, -0.1) is 0 Å². The molecule has 0 saturated carbocycles. The number of likely N-dealkylation sites (tertiary alicyclic amines) is 1. The Morgan fingerprint density at radius 2 is 2.10 bits per heavy atom. The molecule has 118 valence electrons. The summed E-state index contributed by atoms with van der Waals surface area (Å²) in [6, 6.07) is 8.64. The zero-order valence-electron chi connectivity index (χ0n) is 13.8. The highest BCUT2D eigenvalue weighted by Crippen LogP contribution is 2.38. The van der Waals surface area contributed by atoms with Gasteiger partial charge in [0.15, 0.2) is 0 Å². The van der Waals surface area contributed by atoms with Crippen molar-refractivity contribution in [3.63, 3.8) is 0 Å². The van der Waals surface area contributed by atoms with Crippen molar-refractivity contribution < 1.29 is 0 Å². The molecule has 2 nitrogen and oxygen atoms in total. The number of nitrogens with two attached hydrogens (primary N) is 1. The summed E-state index contributed by atoms with van der Waals surface area (Å²) >= 11 is 6.19. The van der Waals surface area contributed by atoms with E-state index in [0.717, 1.165) is 30.5 Å². The molecular weight excluding hydrogens is 280 g/mol. The summed E-state index contributed by atoms with van der Waals surface area (Å²) in [4.78, 5) is 2.57. The van der Waals surface area contributed by atoms with Crippen molar-refractivity contribution in [3.05, 3.63) is 34.9 Å². The lowest BCUT2D eigenvalue weighted by molar-refractivity contribution is 0.174. The SMILES string of the molecule is CCC(N)C(c1cccc(Cl)c1)N1CCC(C(C)(C)C)C1. The van der Waals surface area contributed by atoms with Crippen LogP contribution < -0.4 is 5.73 Å². The van der Waals surface area contributed by atoms with E-state index in [1.54, 1.807) is 0 Å². The Morgan fingerprint density at radius 3 is 2.62 bits per heavy atom. The van der Waals surface area contributed by atoms with Gasteiger partial charge in [-0.3, -0.25) is 4.90 Å². The maximum Gasteiger partial charge on any atom is 0.0499 e. The minimum Gasteiger partial charge on any atom is -0.326 e. The van der Waals surface area contributed by atoms with Gasteiger partial charge in [-0.1, -0.05) is 51.4 Å². The first-order valence-corrected chi connectivity index (χ1v) is 8.45. The van der Waals surface area contributed by atoms with Gasteiger partial charge in [-0.25, -0.2) is 0 Å². The monoisotopic (exact) mass is 308 g/mol. The minimum absolute atomic E-state index is 0.155. The molecule has 1 aliphatic heterocycles. The quantitative estimate of drug-likeness (QED) is 0.888. The Kier molecular flexibility index (Phi) is 5.34. The van der Waals surface area contributed by atoms with Crippen LogP contribution in [0.4, 0.5) is 0 Å². The van der Waals surface area contributed by atoms with Crippen molar-refractivity contribution in [1.29, 1.82) is 0 Å². The Labute approximate surface area is 134 Å². The van der Waals surface area contributed by atoms with Crippen LogP contribution in [0.1, 0.15) is 52.1 Å². The smallest absolute Gasteiger partial charge is 0.0499 e. The zero-order valence-corrected chi connectivity index (χ0v) is 14.5. The van der Waals surface area contributed by atoms with E-state index in [1.165, 1.54) is 12.0 Å². The fourth-order valence-corrected chi connectivity index (χ4v) is 3.59. The largest absolute Gasteiger partial charge is 0.326 e. The van der Waals surface area contributed by atoms with E-state index < -0.39 is 0 Å². The van der Waals surface area contributed by atoms with Gasteiger partial charge >= 0.3 is 0 Å². The highest BCUT2D eigenvalue weighted by molar-refractivity contribution is 6.30. The van der Waals surface area contributed by atoms with Crippen LogP contribution in [0, 0.1) is 11.3 Å². The van der Waals surface area contributed by atoms with Crippen LogP contribution in [0.2, 0.25) is 5.02 Å². The van der Waals surface area contributed by atoms with Crippen LogP contribution in [-0.2, 0) is 0 Å². The van der Waals surface area contributed by atoms with Gasteiger partial charge in [0.1, 0.15) is 0 Å². The van der Waals surface area contributed by atoms with E-state index >= 15 is 0 Å². The molecule has 3 heteroatoms. The van der Waals surface area contributed by atoms with Crippen LogP contribution in [0.5, 0.6) is 0 Å². The van der Waals surface area contributed by atoms with Gasteiger partial charge in [-0.05, 0) is 48.4 Å². The van der Waals surface area contributed by atoms with Gasteiger partial charge in [-0.2, -0.15) is 0 Å². The van der Waals surface area contributed by atoms with Crippen LogP contribution in [0.15, 0.2) is 24.3 Å². The topological polar surface area (TPSA) is 29.3 Å². The van der Waals surface area contributed by atoms with Crippen molar-refractivity contribution in [2.75, 3.05) is 13.1 Å². The lowest BCUT2D eigenvalue weighted by Crippen LogP contribution is -2.40. The molecule has 3 unspecified atom stereocenters. The van der Waals surface area contributed by atoms with Crippen molar-refractivity contribution in [3.8, 4) is 0 Å². The Hall–Kier alpha value is -0.570. The summed E-state index contributed by atoms with van der Waals surface area (Å²) < 4.78 is 0. The number of nitrogens with zero attached hydrogens (tertiary/aromatic N) is 1. The minimum atomic E-state index is 0.155. The number of halogens is 1. The van der Waals surface area contributed by atoms with E-state index in [0.29, 0.717) is 5.41 Å². The molecule has 0 bridgehead atoms. The molecule has 2 rings (SSSR count). The first-order chi connectivity index (χ1) is 9.82. The summed E-state index contributed by atoms with van der Waals surface area (Å²) in [6.07, 6.45) is 2.24. The van der Waals surface area contributed by atoms with E-state index in [1.807, 2.05) is 12.1 Å². The standard InChI is InChI=1S/C18H29ClN2/c1-5-16(20)17(13-7-6-8-15(19)11-13)21-10-9-14(12-21)18(2,3)4/h6-8,11,14,16-17H,5,9-10,12,20H2,1-4H3. The maximum atomic E-state index is 6.45. The van der Waals surface area contributed by atoms with Gasteiger partial charge in [0.2, 0.25) is 0 Å². The fraction of sp³-hybridized carbons (Fsp3) is 0.667. The molecule has 21 heavy (non-hydrogen) atoms. The van der Waals surface area contributed by atoms with Gasteiger partial charge in [0, 0.05) is 23.7 Å². The molecule has 1 heterocycles. The van der Waals surface area contributed by atoms with E-state index in [4.69, 9.17) is 17.3 Å². The second-order valence-corrected chi connectivity index (χ2v) is 7.85. The fourth-order valence-electron chi connectivity index (χ4n) is 3.39. The highest BCUT2D eigenvalue weighted by Gasteiger charge is 2.36. The summed E-state index contributed by atoms with van der Waals surface area (Å²) in [6.45, 7) is 11.5. The summed E-state index contributed by atoms with van der Waals surface area (Å²) in [5, 5.41) is 0.798. The third kappa shape index (κ3) is 4.00. The lowest BCUT2D eigenvalue weighted by atomic mass is 9.80. The third-order valence-corrected chi connectivity index (χ3v) is 5.14. The first-order valence-electron chi connectivity index (χ1n) is 8.08. The highest BCUT2D eigenvalue weighted by atomic mass is 35.5. The van der Waals surface area contributed by atoms with Gasteiger partial charge in [0.05, 0.1) is 0 Å². The summed E-state index contributed by atoms with van der Waals surface area (Å²) in [5.41, 5.74) is 8.07. The van der Waals surface area contributed by atoms with Crippen LogP contribution >= 0.6 is 11.6 Å². The number of hydrogen-bond acceptors (Lipinski definition) is 2. The van der Waals surface area contributed by atoms with Crippen molar-refractivity contribution in [2.24, 2.45) is 17.1 Å². The molecule has 3 atom stereocenters. The molecule has 0 radical (unpaired) electrons. The van der Waals surface area contributed by atoms with Crippen LogP contribution in [0.3, 0.4) is 0 Å². The average Bonchev–Trinajstić information content (AvgIpc) is 2.88. The maximum absolute atomic E-state index is 6.45. The molecule has 0 amide bonds. The lowest BCUT2D eigenvalue weighted by Gasteiger charge is -2.34. The first kappa shape index (κ1) is 16.8. The molecule has 1 aliphatic rings. The van der Waals surface area contributed by atoms with Crippen LogP contribution in [-0.4, -0.2) is 24.0 Å². The van der Waals surface area contributed by atoms with E-state index in [9.17, 15) is 0 Å². The molecule has 1 saturated heterocycles. The number of benzene rings is 1. The molecule has 0 spiro atoms. The third-order valence-electron chi connectivity index (χ3n) is 4.90. The number of rotatable bonds is 4. The van der Waals surface area contributed by atoms with Gasteiger partial charge in [0.25, 0.3) is 0 Å². The summed E-state index contributed by atoms with van der Waals surface area (Å²) in [7, 11) is 0. The Balaban J connectivity index is 2.22. The Bertz CT molecular complexity index is 467. The molecule has 1 fully saturated rings. The predicted octanol–water partition coefficient (Wildman–Crippen LogP) is 4.49. The van der Waals surface area contributed by atoms with Gasteiger partial charge < -0.3 is 5.73 Å². The normalized spacial score (nSPS) is 23.2. The molecule has 0 aliphatic carbocycles. The van der Waals surface area contributed by atoms with Crippen molar-refractivity contribution >= 4 is 11.6 Å². The molecule has 2 N–H and O–H groups in total. The van der Waals surface area contributed by atoms with Crippen LogP contribution in [0.25, 0.3) is 0 Å². The van der Waals surface area contributed by atoms with E-state index in [2.05, 4.69) is 44.7 Å². The average molecular weight is 309 g/mol. The molecule has 0 aromatic heterocycles. The molecule has 1 aromatic carbocycles. The number of hydrogen-bond donors (Lipinski definition) is 1. The Morgan fingerprint density at radius 1 is 1.38 bits per heavy atom. The molecular formula is C18H29ClN2. The summed E-state index contributed by atoms with van der Waals surface area (Å²) in [5.74, 6) is 0.739. The van der Waals surface area contributed by atoms with Crippen molar-refractivity contribution in [2.45, 2.75) is 52.6 Å².